The van der Waals surface area contributed by atoms with Crippen LogP contribution in [-0.4, -0.2) is 22.6 Å². The fraction of sp³-hybridized carbons (Fsp3) is 0.500. The first-order valence-corrected chi connectivity index (χ1v) is 6.69. The molecule has 2 N–H and O–H groups in total. The molecule has 0 aliphatic heterocycles. The molecular formula is C14H18FN3. The summed E-state index contributed by atoms with van der Waals surface area (Å²) in [4.78, 5) is 7.63. The first-order chi connectivity index (χ1) is 8.81. The van der Waals surface area contributed by atoms with Gasteiger partial charge in [-0.3, -0.25) is 0 Å². The van der Waals surface area contributed by atoms with Crippen LogP contribution in [-0.2, 0) is 6.42 Å². The highest BCUT2D eigenvalue weighted by atomic mass is 19.1. The predicted octanol–water partition coefficient (Wildman–Crippen LogP) is 2.78. The van der Waals surface area contributed by atoms with Crippen molar-refractivity contribution in [2.24, 2.45) is 0 Å². The van der Waals surface area contributed by atoms with E-state index in [1.807, 2.05) is 0 Å². The number of aromatic amines is 1. The maximum absolute atomic E-state index is 13.0. The summed E-state index contributed by atoms with van der Waals surface area (Å²) in [5, 5.41) is 3.55. The van der Waals surface area contributed by atoms with E-state index in [0.717, 1.165) is 29.8 Å². The number of aromatic nitrogens is 2. The standard InChI is InChI=1S/C14H18FN3/c15-10-5-6-12-13(9-10)18-14(17-12)7-8-16-11-3-1-2-4-11/h5-6,9,11,16H,1-4,7-8H2,(H,17,18). The third kappa shape index (κ3) is 2.53. The maximum Gasteiger partial charge on any atom is 0.125 e. The van der Waals surface area contributed by atoms with Gasteiger partial charge in [0.1, 0.15) is 11.6 Å². The molecule has 3 rings (SSSR count). The second-order valence-corrected chi connectivity index (χ2v) is 5.03. The first-order valence-electron chi connectivity index (χ1n) is 6.69. The van der Waals surface area contributed by atoms with E-state index in [1.54, 1.807) is 6.07 Å². The smallest absolute Gasteiger partial charge is 0.125 e. The Kier molecular flexibility index (Phi) is 3.28. The summed E-state index contributed by atoms with van der Waals surface area (Å²) in [5.41, 5.74) is 1.62. The molecule has 0 radical (unpaired) electrons. The number of imidazole rings is 1. The minimum Gasteiger partial charge on any atom is -0.342 e. The van der Waals surface area contributed by atoms with Crippen LogP contribution in [0.15, 0.2) is 18.2 Å². The van der Waals surface area contributed by atoms with Gasteiger partial charge < -0.3 is 10.3 Å². The summed E-state index contributed by atoms with van der Waals surface area (Å²) in [7, 11) is 0. The molecule has 0 atom stereocenters. The minimum absolute atomic E-state index is 0.221. The van der Waals surface area contributed by atoms with Gasteiger partial charge in [-0.25, -0.2) is 9.37 Å². The molecule has 0 spiro atoms. The van der Waals surface area contributed by atoms with Gasteiger partial charge in [-0.05, 0) is 31.0 Å². The molecule has 96 valence electrons. The zero-order valence-electron chi connectivity index (χ0n) is 10.4. The zero-order chi connectivity index (χ0) is 12.4. The number of hydrogen-bond acceptors (Lipinski definition) is 2. The Balaban J connectivity index is 1.60. The van der Waals surface area contributed by atoms with Crippen molar-refractivity contribution in [1.82, 2.24) is 15.3 Å². The minimum atomic E-state index is -0.221. The van der Waals surface area contributed by atoms with E-state index in [1.165, 1.54) is 37.8 Å². The van der Waals surface area contributed by atoms with Gasteiger partial charge in [0.05, 0.1) is 11.0 Å². The van der Waals surface area contributed by atoms with E-state index in [9.17, 15) is 4.39 Å². The zero-order valence-corrected chi connectivity index (χ0v) is 10.4. The van der Waals surface area contributed by atoms with Crippen molar-refractivity contribution < 1.29 is 4.39 Å². The molecule has 1 saturated carbocycles. The van der Waals surface area contributed by atoms with Crippen LogP contribution >= 0.6 is 0 Å². The second-order valence-electron chi connectivity index (χ2n) is 5.03. The highest BCUT2D eigenvalue weighted by molar-refractivity contribution is 5.74. The van der Waals surface area contributed by atoms with Crippen molar-refractivity contribution in [1.29, 1.82) is 0 Å². The first kappa shape index (κ1) is 11.7. The molecule has 1 fully saturated rings. The number of benzene rings is 1. The third-order valence-electron chi connectivity index (χ3n) is 3.64. The number of nitrogens with one attached hydrogen (secondary N) is 2. The molecule has 3 nitrogen and oxygen atoms in total. The lowest BCUT2D eigenvalue weighted by Gasteiger charge is -2.10. The van der Waals surface area contributed by atoms with E-state index in [2.05, 4.69) is 15.3 Å². The summed E-state index contributed by atoms with van der Waals surface area (Å²) in [6.45, 7) is 0.937. The van der Waals surface area contributed by atoms with Crippen molar-refractivity contribution in [3.8, 4) is 0 Å². The summed E-state index contributed by atoms with van der Waals surface area (Å²) < 4.78 is 13.0. The average molecular weight is 247 g/mol. The highest BCUT2D eigenvalue weighted by Crippen LogP contribution is 2.17. The molecule has 18 heavy (non-hydrogen) atoms. The van der Waals surface area contributed by atoms with Gasteiger partial charge in [-0.1, -0.05) is 12.8 Å². The second kappa shape index (κ2) is 5.06. The number of rotatable bonds is 4. The average Bonchev–Trinajstić information content (AvgIpc) is 2.97. The van der Waals surface area contributed by atoms with Crippen molar-refractivity contribution in [3.05, 3.63) is 29.8 Å². The third-order valence-corrected chi connectivity index (χ3v) is 3.64. The normalized spacial score (nSPS) is 16.7. The predicted molar refractivity (Wildman–Crippen MR) is 70.0 cm³/mol. The van der Waals surface area contributed by atoms with Crippen LogP contribution in [0.25, 0.3) is 11.0 Å². The van der Waals surface area contributed by atoms with E-state index >= 15 is 0 Å². The molecule has 0 bridgehead atoms. The Morgan fingerprint density at radius 2 is 2.17 bits per heavy atom. The Morgan fingerprint density at radius 3 is 3.00 bits per heavy atom. The summed E-state index contributed by atoms with van der Waals surface area (Å²) in [6, 6.07) is 5.35. The highest BCUT2D eigenvalue weighted by Gasteiger charge is 2.13. The van der Waals surface area contributed by atoms with E-state index in [0.29, 0.717) is 6.04 Å². The molecule has 0 unspecified atom stereocenters. The Bertz CT molecular complexity index is 529. The van der Waals surface area contributed by atoms with Gasteiger partial charge in [-0.2, -0.15) is 0 Å². The molecular weight excluding hydrogens is 229 g/mol. The number of fused-ring (bicyclic) bond motifs is 1. The quantitative estimate of drug-likeness (QED) is 0.872. The van der Waals surface area contributed by atoms with Crippen LogP contribution in [0, 0.1) is 5.82 Å². The van der Waals surface area contributed by atoms with Crippen LogP contribution in [0.4, 0.5) is 4.39 Å². The van der Waals surface area contributed by atoms with Crippen molar-refractivity contribution >= 4 is 11.0 Å². The van der Waals surface area contributed by atoms with Crippen LogP contribution in [0.1, 0.15) is 31.5 Å². The van der Waals surface area contributed by atoms with Gasteiger partial charge in [0.2, 0.25) is 0 Å². The summed E-state index contributed by atoms with van der Waals surface area (Å²) >= 11 is 0. The van der Waals surface area contributed by atoms with E-state index < -0.39 is 0 Å². The fourth-order valence-electron chi connectivity index (χ4n) is 2.68. The van der Waals surface area contributed by atoms with Gasteiger partial charge in [0, 0.05) is 19.0 Å². The molecule has 1 aromatic carbocycles. The lowest BCUT2D eigenvalue weighted by Crippen LogP contribution is -2.28. The van der Waals surface area contributed by atoms with Crippen LogP contribution in [0.5, 0.6) is 0 Å². The van der Waals surface area contributed by atoms with Crippen LogP contribution in [0.2, 0.25) is 0 Å². The van der Waals surface area contributed by atoms with Gasteiger partial charge >= 0.3 is 0 Å². The van der Waals surface area contributed by atoms with E-state index in [4.69, 9.17) is 0 Å². The summed E-state index contributed by atoms with van der Waals surface area (Å²) in [6.07, 6.45) is 6.16. The van der Waals surface area contributed by atoms with Gasteiger partial charge in [0.25, 0.3) is 0 Å². The Morgan fingerprint density at radius 1 is 1.33 bits per heavy atom. The van der Waals surface area contributed by atoms with Gasteiger partial charge in [0.15, 0.2) is 0 Å². The molecule has 1 aliphatic carbocycles. The lowest BCUT2D eigenvalue weighted by atomic mass is 10.2. The van der Waals surface area contributed by atoms with Gasteiger partial charge in [-0.15, -0.1) is 0 Å². The Hall–Kier alpha value is -1.42. The number of halogens is 1. The van der Waals surface area contributed by atoms with Crippen molar-refractivity contribution in [2.75, 3.05) is 6.54 Å². The summed E-state index contributed by atoms with van der Waals surface area (Å²) in [5.74, 6) is 0.711. The van der Waals surface area contributed by atoms with Crippen LogP contribution < -0.4 is 5.32 Å². The number of H-pyrrole nitrogens is 1. The molecule has 1 aromatic heterocycles. The van der Waals surface area contributed by atoms with Crippen molar-refractivity contribution in [2.45, 2.75) is 38.1 Å². The lowest BCUT2D eigenvalue weighted by molar-refractivity contribution is 0.524. The SMILES string of the molecule is Fc1ccc2nc(CCNC3CCCC3)[nH]c2c1. The monoisotopic (exact) mass is 247 g/mol. The van der Waals surface area contributed by atoms with Crippen LogP contribution in [0.3, 0.4) is 0 Å². The number of hydrogen-bond donors (Lipinski definition) is 2. The molecule has 1 aliphatic rings. The number of nitrogens with zero attached hydrogens (tertiary/aromatic N) is 1. The largest absolute Gasteiger partial charge is 0.342 e. The van der Waals surface area contributed by atoms with E-state index in [-0.39, 0.29) is 5.82 Å². The molecule has 0 saturated heterocycles. The Labute approximate surface area is 106 Å². The topological polar surface area (TPSA) is 40.7 Å². The molecule has 4 heteroatoms. The maximum atomic E-state index is 13.0. The van der Waals surface area contributed by atoms with Crippen molar-refractivity contribution in [3.63, 3.8) is 0 Å². The molecule has 1 heterocycles. The molecule has 0 amide bonds. The fourth-order valence-corrected chi connectivity index (χ4v) is 2.68. The molecule has 2 aromatic rings.